The van der Waals surface area contributed by atoms with Gasteiger partial charge in [-0.1, -0.05) is 11.6 Å². The molecule has 6 nitrogen and oxygen atoms in total. The molecule has 0 bridgehead atoms. The van der Waals surface area contributed by atoms with E-state index in [2.05, 4.69) is 5.32 Å². The van der Waals surface area contributed by atoms with Crippen molar-refractivity contribution in [2.75, 3.05) is 4.90 Å². The lowest BCUT2D eigenvalue weighted by atomic mass is 10.0. The number of carbonyl (C=O) groups excluding carboxylic acids is 2. The quantitative estimate of drug-likeness (QED) is 0.373. The second-order valence-electron chi connectivity index (χ2n) is 6.89. The Balaban J connectivity index is 1.81. The van der Waals surface area contributed by atoms with Crippen LogP contribution < -0.4 is 15.6 Å². The summed E-state index contributed by atoms with van der Waals surface area (Å²) < 4.78 is 5.58. The van der Waals surface area contributed by atoms with Gasteiger partial charge in [0.15, 0.2) is 10.5 Å². The molecular weight excluding hydrogens is 424 g/mol. The number of carbonyl (C=O) groups is 2. The zero-order valence-corrected chi connectivity index (χ0v) is 17.6. The zero-order valence-electron chi connectivity index (χ0n) is 16.0. The van der Waals surface area contributed by atoms with Crippen LogP contribution in [-0.4, -0.2) is 16.9 Å². The minimum atomic E-state index is -0.685. The Hall–Kier alpha value is -3.29. The van der Waals surface area contributed by atoms with E-state index >= 15 is 0 Å². The van der Waals surface area contributed by atoms with Crippen molar-refractivity contribution >= 4 is 63.5 Å². The maximum absolute atomic E-state index is 13.1. The fourth-order valence-corrected chi connectivity index (χ4v) is 3.54. The topological polar surface area (TPSA) is 79.6 Å². The molecule has 0 saturated carbocycles. The minimum Gasteiger partial charge on any atom is -0.463 e. The van der Waals surface area contributed by atoms with E-state index in [9.17, 15) is 14.4 Å². The van der Waals surface area contributed by atoms with Crippen molar-refractivity contribution in [2.24, 2.45) is 0 Å². The molecule has 0 spiro atoms. The molecule has 0 atom stereocenters. The third-order valence-corrected chi connectivity index (χ3v) is 5.44. The summed E-state index contributed by atoms with van der Waals surface area (Å²) in [5.41, 5.74) is 2.34. The fourth-order valence-electron chi connectivity index (χ4n) is 3.14. The molecule has 1 fully saturated rings. The van der Waals surface area contributed by atoms with Crippen LogP contribution in [-0.2, 0) is 9.59 Å². The van der Waals surface area contributed by atoms with Gasteiger partial charge in [-0.25, -0.2) is 0 Å². The molecule has 4 rings (SSSR count). The Bertz CT molecular complexity index is 1330. The average Bonchev–Trinajstić information content (AvgIpc) is 2.69. The van der Waals surface area contributed by atoms with Gasteiger partial charge in [-0.05, 0) is 79.7 Å². The Kier molecular flexibility index (Phi) is 5.01. The molecule has 2 amide bonds. The van der Waals surface area contributed by atoms with Crippen LogP contribution in [0.3, 0.4) is 0 Å². The lowest BCUT2D eigenvalue weighted by Crippen LogP contribution is -2.54. The van der Waals surface area contributed by atoms with Crippen LogP contribution >= 0.6 is 23.8 Å². The number of thiocarbonyl (C=S) groups is 1. The highest BCUT2D eigenvalue weighted by atomic mass is 35.5. The SMILES string of the molecule is Cc1cc2occ(C=C3C(=O)NC(=S)N(c4ccc(Cl)cc4)C3=O)c(=O)c2cc1C. The number of fused-ring (bicyclic) bond motifs is 1. The number of aryl methyl sites for hydroxylation is 2. The molecule has 1 aliphatic rings. The number of anilines is 1. The number of nitrogens with one attached hydrogen (secondary N) is 1. The molecule has 2 heterocycles. The molecule has 1 aliphatic heterocycles. The Labute approximate surface area is 181 Å². The summed E-state index contributed by atoms with van der Waals surface area (Å²) >= 11 is 11.1. The minimum absolute atomic E-state index is 0.0545. The van der Waals surface area contributed by atoms with Gasteiger partial charge >= 0.3 is 0 Å². The first-order valence-corrected chi connectivity index (χ1v) is 9.74. The van der Waals surface area contributed by atoms with Crippen molar-refractivity contribution in [3.05, 3.63) is 80.2 Å². The molecule has 1 saturated heterocycles. The Morgan fingerprint density at radius 2 is 1.73 bits per heavy atom. The molecule has 30 heavy (non-hydrogen) atoms. The third-order valence-electron chi connectivity index (χ3n) is 4.90. The molecule has 0 aliphatic carbocycles. The van der Waals surface area contributed by atoms with E-state index in [-0.39, 0.29) is 21.7 Å². The number of hydrogen-bond donors (Lipinski definition) is 1. The lowest BCUT2D eigenvalue weighted by Gasteiger charge is -2.28. The van der Waals surface area contributed by atoms with E-state index in [1.54, 1.807) is 36.4 Å². The summed E-state index contributed by atoms with van der Waals surface area (Å²) in [6.45, 7) is 3.81. The van der Waals surface area contributed by atoms with Crippen LogP contribution in [0.2, 0.25) is 5.02 Å². The Morgan fingerprint density at radius 1 is 1.07 bits per heavy atom. The first kappa shape index (κ1) is 20.0. The summed E-state index contributed by atoms with van der Waals surface area (Å²) in [5.74, 6) is -1.33. The number of nitrogens with zero attached hydrogens (tertiary/aromatic N) is 1. The predicted molar refractivity (Wildman–Crippen MR) is 120 cm³/mol. The van der Waals surface area contributed by atoms with Crippen molar-refractivity contribution in [3.63, 3.8) is 0 Å². The van der Waals surface area contributed by atoms with E-state index in [1.807, 2.05) is 13.8 Å². The summed E-state index contributed by atoms with van der Waals surface area (Å²) in [5, 5.41) is 3.30. The standard InChI is InChI=1S/C22H15ClN2O4S/c1-11-7-16-18(8-12(11)2)29-10-13(19(16)26)9-17-20(27)24-22(30)25(21(17)28)15-5-3-14(23)4-6-15/h3-10H,1-2H3,(H,24,27,30). The van der Waals surface area contributed by atoms with Crippen molar-refractivity contribution in [2.45, 2.75) is 13.8 Å². The molecule has 3 aromatic rings. The highest BCUT2D eigenvalue weighted by Gasteiger charge is 2.34. The van der Waals surface area contributed by atoms with Gasteiger partial charge in [-0.15, -0.1) is 0 Å². The highest BCUT2D eigenvalue weighted by molar-refractivity contribution is 7.80. The van der Waals surface area contributed by atoms with Crippen molar-refractivity contribution in [1.29, 1.82) is 0 Å². The molecular formula is C22H15ClN2O4S. The molecule has 1 aromatic heterocycles. The molecule has 0 radical (unpaired) electrons. The van der Waals surface area contributed by atoms with E-state index in [0.29, 0.717) is 21.7 Å². The second kappa shape index (κ2) is 7.51. The maximum Gasteiger partial charge on any atom is 0.270 e. The molecule has 8 heteroatoms. The van der Waals surface area contributed by atoms with Gasteiger partial charge in [0.25, 0.3) is 11.8 Å². The molecule has 150 valence electrons. The van der Waals surface area contributed by atoms with Crippen LogP contribution in [0.5, 0.6) is 0 Å². The van der Waals surface area contributed by atoms with E-state index in [1.165, 1.54) is 17.2 Å². The van der Waals surface area contributed by atoms with Gasteiger partial charge in [0, 0.05) is 5.02 Å². The first-order chi connectivity index (χ1) is 14.3. The van der Waals surface area contributed by atoms with Crippen molar-refractivity contribution in [1.82, 2.24) is 5.32 Å². The van der Waals surface area contributed by atoms with Gasteiger partial charge in [-0.3, -0.25) is 24.6 Å². The largest absolute Gasteiger partial charge is 0.463 e. The number of rotatable bonds is 2. The average molecular weight is 439 g/mol. The van der Waals surface area contributed by atoms with Gasteiger partial charge in [0.2, 0.25) is 0 Å². The van der Waals surface area contributed by atoms with Crippen LogP contribution in [0.4, 0.5) is 5.69 Å². The number of amides is 2. The molecule has 1 N–H and O–H groups in total. The maximum atomic E-state index is 13.1. The molecule has 2 aromatic carbocycles. The van der Waals surface area contributed by atoms with Crippen molar-refractivity contribution < 1.29 is 14.0 Å². The van der Waals surface area contributed by atoms with Gasteiger partial charge < -0.3 is 4.42 Å². The number of hydrogen-bond acceptors (Lipinski definition) is 5. The van der Waals surface area contributed by atoms with Crippen LogP contribution in [0, 0.1) is 13.8 Å². The summed E-state index contributed by atoms with van der Waals surface area (Å²) in [6, 6.07) is 9.94. The summed E-state index contributed by atoms with van der Waals surface area (Å²) in [4.78, 5) is 39.6. The van der Waals surface area contributed by atoms with Crippen molar-refractivity contribution in [3.8, 4) is 0 Å². The molecule has 0 unspecified atom stereocenters. The smallest absolute Gasteiger partial charge is 0.270 e. The van der Waals surface area contributed by atoms with Gasteiger partial charge in [0.05, 0.1) is 16.6 Å². The van der Waals surface area contributed by atoms with E-state index < -0.39 is 11.8 Å². The normalized spacial score (nSPS) is 15.8. The third kappa shape index (κ3) is 3.42. The van der Waals surface area contributed by atoms with E-state index in [4.69, 9.17) is 28.2 Å². The number of benzene rings is 2. The predicted octanol–water partition coefficient (Wildman–Crippen LogP) is 3.89. The van der Waals surface area contributed by atoms with Gasteiger partial charge in [-0.2, -0.15) is 0 Å². The van der Waals surface area contributed by atoms with Crippen LogP contribution in [0.25, 0.3) is 17.0 Å². The van der Waals surface area contributed by atoms with Crippen LogP contribution in [0.15, 0.2) is 57.4 Å². The first-order valence-electron chi connectivity index (χ1n) is 8.96. The Morgan fingerprint density at radius 3 is 2.43 bits per heavy atom. The van der Waals surface area contributed by atoms with Crippen LogP contribution in [0.1, 0.15) is 16.7 Å². The summed E-state index contributed by atoms with van der Waals surface area (Å²) in [7, 11) is 0. The summed E-state index contributed by atoms with van der Waals surface area (Å²) in [6.07, 6.45) is 2.47. The number of halogens is 1. The zero-order chi connectivity index (χ0) is 21.6. The highest BCUT2D eigenvalue weighted by Crippen LogP contribution is 2.24. The fraction of sp³-hybridized carbons (Fsp3) is 0.0909. The second-order valence-corrected chi connectivity index (χ2v) is 7.71. The monoisotopic (exact) mass is 438 g/mol. The lowest BCUT2D eigenvalue weighted by molar-refractivity contribution is -0.122. The van der Waals surface area contributed by atoms with Gasteiger partial charge in [0.1, 0.15) is 17.4 Å². The van der Waals surface area contributed by atoms with E-state index in [0.717, 1.165) is 11.1 Å².